The van der Waals surface area contributed by atoms with E-state index in [2.05, 4.69) is 20.1 Å². The van der Waals surface area contributed by atoms with Gasteiger partial charge in [-0.1, -0.05) is 11.3 Å². The molecule has 176 valence electrons. The van der Waals surface area contributed by atoms with Gasteiger partial charge >= 0.3 is 0 Å². The van der Waals surface area contributed by atoms with Gasteiger partial charge in [0, 0.05) is 58.9 Å². The van der Waals surface area contributed by atoms with Crippen molar-refractivity contribution in [1.82, 2.24) is 19.5 Å². The number of nitrogens with one attached hydrogen (secondary N) is 1. The van der Waals surface area contributed by atoms with Crippen molar-refractivity contribution < 1.29 is 17.6 Å². The number of hydrogen-bond acceptors (Lipinski definition) is 7. The van der Waals surface area contributed by atoms with Crippen LogP contribution in [0.3, 0.4) is 0 Å². The van der Waals surface area contributed by atoms with E-state index in [-0.39, 0.29) is 16.6 Å². The van der Waals surface area contributed by atoms with Crippen LogP contribution in [0, 0.1) is 5.82 Å². The predicted octanol–water partition coefficient (Wildman–Crippen LogP) is 2.24. The molecule has 2 aromatic carbocycles. The van der Waals surface area contributed by atoms with Crippen LogP contribution in [0.25, 0.3) is 10.2 Å². The lowest BCUT2D eigenvalue weighted by Crippen LogP contribution is -2.48. The molecule has 8 nitrogen and oxygen atoms in total. The lowest BCUT2D eigenvalue weighted by Gasteiger charge is -2.34. The van der Waals surface area contributed by atoms with Gasteiger partial charge in [0.1, 0.15) is 5.82 Å². The molecule has 1 fully saturated rings. The highest BCUT2D eigenvalue weighted by atomic mass is 32.2. The summed E-state index contributed by atoms with van der Waals surface area (Å²) in [5.41, 5.74) is 1.23. The quantitative estimate of drug-likeness (QED) is 0.546. The Labute approximate surface area is 196 Å². The number of sulfonamides is 1. The Morgan fingerprint density at radius 1 is 1.12 bits per heavy atom. The molecular formula is C22H26FN5O3S2. The fraction of sp³-hybridized carbons (Fsp3) is 0.364. The van der Waals surface area contributed by atoms with Gasteiger partial charge in [-0.3, -0.25) is 9.69 Å². The van der Waals surface area contributed by atoms with Crippen molar-refractivity contribution in [2.45, 2.75) is 4.90 Å². The van der Waals surface area contributed by atoms with E-state index in [1.165, 1.54) is 61.8 Å². The van der Waals surface area contributed by atoms with Crippen LogP contribution in [0.2, 0.25) is 0 Å². The Kier molecular flexibility index (Phi) is 6.94. The van der Waals surface area contributed by atoms with E-state index in [1.807, 2.05) is 0 Å². The molecule has 1 aromatic heterocycles. The van der Waals surface area contributed by atoms with E-state index in [4.69, 9.17) is 0 Å². The molecule has 2 heterocycles. The zero-order valence-corrected chi connectivity index (χ0v) is 20.1. The third-order valence-corrected chi connectivity index (χ3v) is 8.50. The molecule has 1 saturated heterocycles. The van der Waals surface area contributed by atoms with Crippen LogP contribution in [-0.4, -0.2) is 81.9 Å². The number of benzene rings is 2. The van der Waals surface area contributed by atoms with Crippen molar-refractivity contribution in [3.8, 4) is 0 Å². The highest BCUT2D eigenvalue weighted by Crippen LogP contribution is 2.29. The minimum atomic E-state index is -3.51. The van der Waals surface area contributed by atoms with Crippen LogP contribution < -0.4 is 10.2 Å². The van der Waals surface area contributed by atoms with Gasteiger partial charge in [-0.15, -0.1) is 0 Å². The maximum atomic E-state index is 13.4. The molecule has 0 spiro atoms. The number of rotatable bonds is 7. The molecular weight excluding hydrogens is 465 g/mol. The molecule has 0 unspecified atom stereocenters. The van der Waals surface area contributed by atoms with E-state index in [1.54, 1.807) is 6.07 Å². The average molecular weight is 492 g/mol. The van der Waals surface area contributed by atoms with Gasteiger partial charge < -0.3 is 10.2 Å². The summed E-state index contributed by atoms with van der Waals surface area (Å²) in [6.45, 7) is 4.54. The van der Waals surface area contributed by atoms with Gasteiger partial charge in [0.2, 0.25) is 10.0 Å². The Morgan fingerprint density at radius 2 is 1.82 bits per heavy atom. The fourth-order valence-electron chi connectivity index (χ4n) is 3.60. The highest BCUT2D eigenvalue weighted by molar-refractivity contribution is 7.89. The molecule has 1 N–H and O–H groups in total. The summed E-state index contributed by atoms with van der Waals surface area (Å²) >= 11 is 1.50. The van der Waals surface area contributed by atoms with Gasteiger partial charge in [0.15, 0.2) is 5.13 Å². The van der Waals surface area contributed by atoms with Crippen LogP contribution in [0.15, 0.2) is 47.4 Å². The van der Waals surface area contributed by atoms with E-state index in [9.17, 15) is 17.6 Å². The van der Waals surface area contributed by atoms with Crippen LogP contribution in [0.4, 0.5) is 9.52 Å². The number of carbonyl (C=O) groups excluding carboxylic acids is 1. The van der Waals surface area contributed by atoms with Gasteiger partial charge in [0.05, 0.1) is 15.1 Å². The van der Waals surface area contributed by atoms with Crippen molar-refractivity contribution >= 4 is 42.6 Å². The van der Waals surface area contributed by atoms with Crippen LogP contribution in [0.5, 0.6) is 0 Å². The first-order valence-corrected chi connectivity index (χ1v) is 12.8. The number of aromatic nitrogens is 1. The van der Waals surface area contributed by atoms with E-state index < -0.39 is 10.0 Å². The first-order chi connectivity index (χ1) is 15.7. The summed E-state index contributed by atoms with van der Waals surface area (Å²) in [5.74, 6) is -0.483. The second kappa shape index (κ2) is 9.72. The largest absolute Gasteiger partial charge is 0.351 e. The zero-order chi connectivity index (χ0) is 23.6. The third-order valence-electron chi connectivity index (χ3n) is 5.59. The van der Waals surface area contributed by atoms with E-state index in [0.717, 1.165) is 52.4 Å². The normalized spacial score (nSPS) is 15.3. The number of halogens is 1. The lowest BCUT2D eigenvalue weighted by molar-refractivity contribution is 0.0947. The Hall–Kier alpha value is -2.60. The number of nitrogens with zero attached hydrogens (tertiary/aromatic N) is 4. The smallest absolute Gasteiger partial charge is 0.251 e. The Bertz CT molecular complexity index is 1240. The molecule has 11 heteroatoms. The molecule has 1 aliphatic rings. The molecule has 0 aliphatic carbocycles. The maximum absolute atomic E-state index is 13.4. The SMILES string of the molecule is CN(C)S(=O)(=O)c1ccc(C(=O)NCCN2CCN(c3nc4ccc(F)cc4s3)CC2)cc1. The van der Waals surface area contributed by atoms with Gasteiger partial charge in [-0.25, -0.2) is 22.1 Å². The molecule has 3 aromatic rings. The summed E-state index contributed by atoms with van der Waals surface area (Å²) < 4.78 is 39.7. The summed E-state index contributed by atoms with van der Waals surface area (Å²) in [5, 5.41) is 3.80. The topological polar surface area (TPSA) is 85.8 Å². The molecule has 0 radical (unpaired) electrons. The Balaban J connectivity index is 1.24. The number of fused-ring (bicyclic) bond motifs is 1. The number of carbonyl (C=O) groups is 1. The molecule has 33 heavy (non-hydrogen) atoms. The standard InChI is InChI=1S/C22H26FN5O3S2/c1-26(2)33(30,31)18-6-3-16(4-7-18)21(29)24-9-10-27-11-13-28(14-12-27)22-25-19-8-5-17(23)15-20(19)32-22/h3-8,15H,9-14H2,1-2H3,(H,24,29). The molecule has 1 amide bonds. The molecule has 0 saturated carbocycles. The van der Waals surface area contributed by atoms with Crippen LogP contribution >= 0.6 is 11.3 Å². The molecule has 1 aliphatic heterocycles. The number of hydrogen-bond donors (Lipinski definition) is 1. The molecule has 4 rings (SSSR count). The number of piperazine rings is 1. The van der Waals surface area contributed by atoms with Crippen molar-refractivity contribution in [2.24, 2.45) is 0 Å². The van der Waals surface area contributed by atoms with Gasteiger partial charge in [-0.05, 0) is 42.5 Å². The second-order valence-corrected chi connectivity index (χ2v) is 11.2. The third kappa shape index (κ3) is 5.32. The first kappa shape index (κ1) is 23.6. The van der Waals surface area contributed by atoms with Crippen molar-refractivity contribution in [2.75, 3.05) is 58.3 Å². The summed E-state index contributed by atoms with van der Waals surface area (Å²) in [4.78, 5) is 21.6. The predicted molar refractivity (Wildman–Crippen MR) is 128 cm³/mol. The second-order valence-electron chi connectivity index (χ2n) is 8.00. The van der Waals surface area contributed by atoms with Crippen LogP contribution in [0.1, 0.15) is 10.4 Å². The Morgan fingerprint density at radius 3 is 2.48 bits per heavy atom. The summed E-state index contributed by atoms with van der Waals surface area (Å²) in [6, 6.07) is 10.6. The molecule has 0 atom stereocenters. The fourth-order valence-corrected chi connectivity index (χ4v) is 5.55. The zero-order valence-electron chi connectivity index (χ0n) is 18.5. The lowest BCUT2D eigenvalue weighted by atomic mass is 10.2. The highest BCUT2D eigenvalue weighted by Gasteiger charge is 2.20. The van der Waals surface area contributed by atoms with Gasteiger partial charge in [0.25, 0.3) is 5.91 Å². The maximum Gasteiger partial charge on any atom is 0.251 e. The van der Waals surface area contributed by atoms with Gasteiger partial charge in [-0.2, -0.15) is 0 Å². The average Bonchev–Trinajstić information content (AvgIpc) is 3.22. The molecule has 0 bridgehead atoms. The summed E-state index contributed by atoms with van der Waals surface area (Å²) in [6.07, 6.45) is 0. The monoisotopic (exact) mass is 491 g/mol. The summed E-state index contributed by atoms with van der Waals surface area (Å²) in [7, 11) is -0.578. The number of thiazole rings is 1. The minimum Gasteiger partial charge on any atom is -0.351 e. The van der Waals surface area contributed by atoms with Crippen molar-refractivity contribution in [1.29, 1.82) is 0 Å². The van der Waals surface area contributed by atoms with E-state index in [0.29, 0.717) is 12.1 Å². The number of amides is 1. The van der Waals surface area contributed by atoms with Crippen molar-refractivity contribution in [3.05, 3.63) is 53.8 Å². The van der Waals surface area contributed by atoms with Crippen molar-refractivity contribution in [3.63, 3.8) is 0 Å². The first-order valence-electron chi connectivity index (χ1n) is 10.6. The minimum absolute atomic E-state index is 0.153. The van der Waals surface area contributed by atoms with Crippen LogP contribution in [-0.2, 0) is 10.0 Å². The van der Waals surface area contributed by atoms with E-state index >= 15 is 0 Å². The number of anilines is 1.